The summed E-state index contributed by atoms with van der Waals surface area (Å²) in [5.74, 6) is -0.292. The number of nitrogens with zero attached hydrogens (tertiary/aromatic N) is 4. The van der Waals surface area contributed by atoms with Crippen LogP contribution < -0.4 is 15.4 Å². The number of hydrogen-bond donors (Lipinski definition) is 3. The van der Waals surface area contributed by atoms with Crippen molar-refractivity contribution in [2.75, 3.05) is 38.7 Å². The molecule has 4 atom stereocenters. The van der Waals surface area contributed by atoms with Crippen LogP contribution in [0.5, 0.6) is 5.75 Å². The fourth-order valence-electron chi connectivity index (χ4n) is 6.10. The lowest BCUT2D eigenvalue weighted by molar-refractivity contribution is -0.00835. The van der Waals surface area contributed by atoms with Crippen LogP contribution in [0.15, 0.2) is 35.7 Å². The SMILES string of the molecule is C[C@@H]1CN([C@H](C)CO)C(=O)c2cc(NC(=O)NC3CCCCC3)ccc2O[C@@H](C)CCCCO[C@@H]1CN(C)S(=O)(=O)c1cn(C)cn1. The van der Waals surface area contributed by atoms with Crippen molar-refractivity contribution in [3.8, 4) is 5.75 Å². The topological polar surface area (TPSA) is 155 Å². The Morgan fingerprint density at radius 2 is 1.87 bits per heavy atom. The summed E-state index contributed by atoms with van der Waals surface area (Å²) >= 11 is 0. The molecule has 1 aliphatic heterocycles. The fourth-order valence-corrected chi connectivity index (χ4v) is 7.24. The first-order chi connectivity index (χ1) is 22.4. The summed E-state index contributed by atoms with van der Waals surface area (Å²) in [5, 5.41) is 16.1. The summed E-state index contributed by atoms with van der Waals surface area (Å²) < 4.78 is 42.0. The molecule has 1 saturated carbocycles. The smallest absolute Gasteiger partial charge is 0.319 e. The molecular formula is C33H52N6O7S. The third kappa shape index (κ3) is 9.91. The number of amides is 3. The highest BCUT2D eigenvalue weighted by molar-refractivity contribution is 7.89. The average Bonchev–Trinajstić information content (AvgIpc) is 3.49. The molecule has 1 aliphatic carbocycles. The Morgan fingerprint density at radius 3 is 2.55 bits per heavy atom. The largest absolute Gasteiger partial charge is 0.490 e. The minimum atomic E-state index is -3.87. The van der Waals surface area contributed by atoms with Crippen LogP contribution in [0.4, 0.5) is 10.5 Å². The van der Waals surface area contributed by atoms with E-state index in [4.69, 9.17) is 9.47 Å². The Labute approximate surface area is 279 Å². The summed E-state index contributed by atoms with van der Waals surface area (Å²) in [6.07, 6.45) is 9.67. The van der Waals surface area contributed by atoms with Crippen LogP contribution in [0.2, 0.25) is 0 Å². The van der Waals surface area contributed by atoms with E-state index in [2.05, 4.69) is 15.6 Å². The van der Waals surface area contributed by atoms with E-state index in [1.54, 1.807) is 41.6 Å². The van der Waals surface area contributed by atoms with E-state index >= 15 is 0 Å². The van der Waals surface area contributed by atoms with Gasteiger partial charge in [-0.05, 0) is 64.2 Å². The number of likely N-dealkylation sites (N-methyl/N-ethyl adjacent to an activating group) is 1. The number of aromatic nitrogens is 2. The quantitative estimate of drug-likeness (QED) is 0.379. The number of hydrogen-bond acceptors (Lipinski definition) is 8. The van der Waals surface area contributed by atoms with Crippen LogP contribution >= 0.6 is 0 Å². The molecule has 2 aliphatic rings. The second-order valence-electron chi connectivity index (χ2n) is 13.1. The monoisotopic (exact) mass is 676 g/mol. The van der Waals surface area contributed by atoms with E-state index in [1.807, 2.05) is 13.8 Å². The third-order valence-electron chi connectivity index (χ3n) is 9.04. The van der Waals surface area contributed by atoms with Gasteiger partial charge in [0.05, 0.1) is 36.7 Å². The number of urea groups is 1. The van der Waals surface area contributed by atoms with Gasteiger partial charge in [-0.2, -0.15) is 4.31 Å². The zero-order valence-corrected chi connectivity index (χ0v) is 29.2. The van der Waals surface area contributed by atoms with Crippen LogP contribution in [0.25, 0.3) is 0 Å². The number of rotatable bonds is 8. The van der Waals surface area contributed by atoms with Crippen molar-refractivity contribution < 1.29 is 32.6 Å². The number of benzene rings is 1. The summed E-state index contributed by atoms with van der Waals surface area (Å²) in [7, 11) is -0.669. The number of aliphatic hydroxyl groups is 1. The van der Waals surface area contributed by atoms with Crippen molar-refractivity contribution in [2.45, 2.75) is 101 Å². The van der Waals surface area contributed by atoms with Gasteiger partial charge in [0.15, 0.2) is 5.03 Å². The van der Waals surface area contributed by atoms with Gasteiger partial charge in [0.25, 0.3) is 15.9 Å². The summed E-state index contributed by atoms with van der Waals surface area (Å²) in [4.78, 5) is 32.8. The van der Waals surface area contributed by atoms with E-state index in [0.717, 1.165) is 38.5 Å². The Hall–Kier alpha value is -3.20. The molecule has 2 aromatic rings. The highest BCUT2D eigenvalue weighted by Crippen LogP contribution is 2.29. The molecule has 13 nitrogen and oxygen atoms in total. The minimum absolute atomic E-state index is 0.0515. The molecule has 262 valence electrons. The number of aryl methyl sites for hydroxylation is 1. The van der Waals surface area contributed by atoms with Crippen molar-refractivity contribution in [1.82, 2.24) is 24.1 Å². The van der Waals surface area contributed by atoms with Gasteiger partial charge in [-0.1, -0.05) is 26.2 Å². The van der Waals surface area contributed by atoms with Crippen molar-refractivity contribution in [1.29, 1.82) is 0 Å². The van der Waals surface area contributed by atoms with E-state index in [-0.39, 0.29) is 60.3 Å². The number of carbonyl (C=O) groups is 2. The molecule has 0 radical (unpaired) electrons. The summed E-state index contributed by atoms with van der Waals surface area (Å²) in [5.41, 5.74) is 0.721. The zero-order chi connectivity index (χ0) is 34.1. The van der Waals surface area contributed by atoms with E-state index in [0.29, 0.717) is 24.5 Å². The molecular weight excluding hydrogens is 624 g/mol. The number of imidazole rings is 1. The second kappa shape index (κ2) is 16.8. The maximum Gasteiger partial charge on any atom is 0.319 e. The Balaban J connectivity index is 1.60. The number of anilines is 1. The minimum Gasteiger partial charge on any atom is -0.490 e. The molecule has 2 heterocycles. The molecule has 1 aromatic carbocycles. The number of nitrogens with one attached hydrogen (secondary N) is 2. The molecule has 14 heteroatoms. The van der Waals surface area contributed by atoms with Gasteiger partial charge in [-0.25, -0.2) is 18.2 Å². The van der Waals surface area contributed by atoms with Crippen molar-refractivity contribution in [2.24, 2.45) is 13.0 Å². The Kier molecular flexibility index (Phi) is 13.1. The van der Waals surface area contributed by atoms with Gasteiger partial charge >= 0.3 is 6.03 Å². The molecule has 0 bridgehead atoms. The molecule has 3 amide bonds. The van der Waals surface area contributed by atoms with Crippen LogP contribution in [0.3, 0.4) is 0 Å². The number of sulfonamides is 1. The Bertz CT molecular complexity index is 1440. The molecule has 1 fully saturated rings. The lowest BCUT2D eigenvalue weighted by Crippen LogP contribution is -2.48. The van der Waals surface area contributed by atoms with Crippen LogP contribution in [0, 0.1) is 5.92 Å². The molecule has 1 aromatic heterocycles. The highest BCUT2D eigenvalue weighted by Gasteiger charge is 2.33. The zero-order valence-electron chi connectivity index (χ0n) is 28.4. The number of aliphatic hydroxyl groups excluding tert-OH is 1. The normalized spacial score (nSPS) is 23.0. The average molecular weight is 677 g/mol. The van der Waals surface area contributed by atoms with Gasteiger partial charge in [-0.3, -0.25) is 4.79 Å². The number of fused-ring (bicyclic) bond motifs is 1. The van der Waals surface area contributed by atoms with Crippen molar-refractivity contribution >= 4 is 27.6 Å². The predicted octanol–water partition coefficient (Wildman–Crippen LogP) is 3.99. The maximum atomic E-state index is 14.3. The molecule has 0 saturated heterocycles. The predicted molar refractivity (Wildman–Crippen MR) is 179 cm³/mol. The first-order valence-electron chi connectivity index (χ1n) is 16.7. The first kappa shape index (κ1) is 36.6. The van der Waals surface area contributed by atoms with Gasteiger partial charge in [0, 0.05) is 57.6 Å². The number of ether oxygens (including phenoxy) is 2. The van der Waals surface area contributed by atoms with E-state index < -0.39 is 22.2 Å². The summed E-state index contributed by atoms with van der Waals surface area (Å²) in [6.45, 7) is 5.97. The van der Waals surface area contributed by atoms with E-state index in [9.17, 15) is 23.1 Å². The number of carbonyl (C=O) groups excluding carboxylic acids is 2. The maximum absolute atomic E-state index is 14.3. The molecule has 0 spiro atoms. The lowest BCUT2D eigenvalue weighted by Gasteiger charge is -2.35. The molecule has 47 heavy (non-hydrogen) atoms. The first-order valence-corrected chi connectivity index (χ1v) is 18.2. The van der Waals surface area contributed by atoms with Gasteiger partial charge in [0.1, 0.15) is 5.75 Å². The lowest BCUT2D eigenvalue weighted by atomic mass is 9.96. The van der Waals surface area contributed by atoms with Crippen LogP contribution in [-0.2, 0) is 21.8 Å². The fraction of sp³-hybridized carbons (Fsp3) is 0.667. The summed E-state index contributed by atoms with van der Waals surface area (Å²) in [6, 6.07) is 4.30. The molecule has 3 N–H and O–H groups in total. The highest BCUT2D eigenvalue weighted by atomic mass is 32.2. The van der Waals surface area contributed by atoms with E-state index in [1.165, 1.54) is 30.3 Å². The van der Waals surface area contributed by atoms with Gasteiger partial charge in [-0.15, -0.1) is 0 Å². The van der Waals surface area contributed by atoms with Crippen LogP contribution in [-0.4, -0.2) is 102 Å². The van der Waals surface area contributed by atoms with Gasteiger partial charge in [0.2, 0.25) is 0 Å². The van der Waals surface area contributed by atoms with Gasteiger partial charge < -0.3 is 34.7 Å². The third-order valence-corrected chi connectivity index (χ3v) is 10.8. The molecule has 4 rings (SSSR count). The van der Waals surface area contributed by atoms with Crippen molar-refractivity contribution in [3.63, 3.8) is 0 Å². The second-order valence-corrected chi connectivity index (χ2v) is 15.1. The van der Waals surface area contributed by atoms with Crippen LogP contribution in [0.1, 0.15) is 82.5 Å². The standard InChI is InChI=1S/C33H52N6O7S/c1-23-18-39(24(2)21-40)32(41)28-17-27(36-33(42)35-26-12-7-6-8-13-26)14-15-29(28)46-25(3)11-9-10-16-45-30(23)19-38(5)47(43,44)31-20-37(4)22-34-31/h14-15,17,20,22-26,30,40H,6-13,16,18-19,21H2,1-5H3,(H2,35,36,42)/t23-,24-,25+,30-/m1/s1. The van der Waals surface area contributed by atoms with Crippen molar-refractivity contribution in [3.05, 3.63) is 36.3 Å². The Morgan fingerprint density at radius 1 is 1.15 bits per heavy atom. The molecule has 0 unspecified atom stereocenters.